The summed E-state index contributed by atoms with van der Waals surface area (Å²) in [6.07, 6.45) is -0.253. The Balaban J connectivity index is 1.95. The van der Waals surface area contributed by atoms with E-state index in [4.69, 9.17) is 9.52 Å². The maximum absolute atomic E-state index is 13.9. The van der Waals surface area contributed by atoms with Crippen LogP contribution in [0.1, 0.15) is 17.0 Å². The molecule has 0 aliphatic carbocycles. The van der Waals surface area contributed by atoms with Crippen LogP contribution in [0.2, 0.25) is 0 Å². The zero-order chi connectivity index (χ0) is 16.5. The second-order valence-corrected chi connectivity index (χ2v) is 5.88. The molecule has 1 N–H and O–H groups in total. The van der Waals surface area contributed by atoms with Crippen LogP contribution in [-0.2, 0) is 9.59 Å². The number of likely N-dealkylation sites (N-methyl/N-ethyl adjacent to an activating group) is 1. The molecule has 1 unspecified atom stereocenters. The molecule has 0 saturated carbocycles. The number of hydrogen-bond acceptors (Lipinski definition) is 4. The van der Waals surface area contributed by atoms with E-state index in [0.717, 1.165) is 9.80 Å². The summed E-state index contributed by atoms with van der Waals surface area (Å²) in [4.78, 5) is 37.1. The maximum atomic E-state index is 13.9. The Bertz CT molecular complexity index is 619. The Hall–Kier alpha value is -1.90. The zero-order valence-electron chi connectivity index (χ0n) is 11.7. The number of hydrogen-bond donors (Lipinski definition) is 1. The minimum atomic E-state index is -2.41. The third-order valence-corrected chi connectivity index (χ3v) is 3.88. The van der Waals surface area contributed by atoms with Crippen molar-refractivity contribution >= 4 is 33.7 Å². The third kappa shape index (κ3) is 3.29. The van der Waals surface area contributed by atoms with E-state index >= 15 is 0 Å². The van der Waals surface area contributed by atoms with E-state index in [9.17, 15) is 18.8 Å². The molecular weight excluding hydrogens is 363 g/mol. The van der Waals surface area contributed by atoms with E-state index in [1.165, 1.54) is 13.1 Å². The fraction of sp³-hybridized carbons (Fsp3) is 0.462. The van der Waals surface area contributed by atoms with Crippen molar-refractivity contribution in [3.05, 3.63) is 22.6 Å². The van der Waals surface area contributed by atoms with Gasteiger partial charge in [0.05, 0.1) is 13.1 Å². The lowest BCUT2D eigenvalue weighted by Gasteiger charge is -2.21. The van der Waals surface area contributed by atoms with Gasteiger partial charge in [-0.3, -0.25) is 9.59 Å². The van der Waals surface area contributed by atoms with Crippen molar-refractivity contribution in [1.29, 1.82) is 0 Å². The smallest absolute Gasteiger partial charge is 0.343 e. The number of halogens is 2. The van der Waals surface area contributed by atoms with Crippen LogP contribution in [0.4, 0.5) is 4.39 Å². The Morgan fingerprint density at radius 3 is 2.68 bits per heavy atom. The number of carboxylic acid groups (broad SMARTS) is 1. The van der Waals surface area contributed by atoms with Crippen LogP contribution in [0, 0.1) is 0 Å². The standard InChI is InChI=1S/C13H14BrFN2O5/c1-16(11(19)8-2-3-9(14)22-8)6-10(18)17-5-4-13(15,7-17)12(20)21/h2-3H,4-7H2,1H3,(H,20,21). The Morgan fingerprint density at radius 2 is 2.18 bits per heavy atom. The largest absolute Gasteiger partial charge is 0.479 e. The number of carboxylic acids is 1. The second kappa shape index (κ2) is 6.07. The van der Waals surface area contributed by atoms with Crippen LogP contribution in [-0.4, -0.2) is 65.0 Å². The monoisotopic (exact) mass is 376 g/mol. The van der Waals surface area contributed by atoms with E-state index in [1.54, 1.807) is 6.07 Å². The molecule has 0 radical (unpaired) electrons. The van der Waals surface area contributed by atoms with Crippen molar-refractivity contribution in [2.24, 2.45) is 0 Å². The highest BCUT2D eigenvalue weighted by Gasteiger charge is 2.46. The van der Waals surface area contributed by atoms with Gasteiger partial charge in [-0.2, -0.15) is 0 Å². The van der Waals surface area contributed by atoms with Crippen molar-refractivity contribution in [2.75, 3.05) is 26.7 Å². The SMILES string of the molecule is CN(CC(=O)N1CCC(F)(C(=O)O)C1)C(=O)c1ccc(Br)o1. The Labute approximate surface area is 133 Å². The molecule has 2 amide bonds. The fourth-order valence-corrected chi connectivity index (χ4v) is 2.46. The van der Waals surface area contributed by atoms with Crippen molar-refractivity contribution < 1.29 is 28.3 Å². The molecule has 2 rings (SSSR count). The van der Waals surface area contributed by atoms with Crippen molar-refractivity contribution in [3.8, 4) is 0 Å². The molecule has 1 atom stereocenters. The number of likely N-dealkylation sites (tertiary alicyclic amines) is 1. The Morgan fingerprint density at radius 1 is 1.50 bits per heavy atom. The summed E-state index contributed by atoms with van der Waals surface area (Å²) in [6.45, 7) is -0.779. The van der Waals surface area contributed by atoms with Gasteiger partial charge in [-0.15, -0.1) is 0 Å². The summed E-state index contributed by atoms with van der Waals surface area (Å²) in [6, 6.07) is 3.01. The lowest BCUT2D eigenvalue weighted by atomic mass is 10.1. The molecule has 1 aromatic rings. The summed E-state index contributed by atoms with van der Waals surface area (Å²) in [5.41, 5.74) is -2.41. The average Bonchev–Trinajstić information content (AvgIpc) is 3.05. The predicted molar refractivity (Wildman–Crippen MR) is 76.0 cm³/mol. The zero-order valence-corrected chi connectivity index (χ0v) is 13.3. The van der Waals surface area contributed by atoms with E-state index in [-0.39, 0.29) is 25.3 Å². The van der Waals surface area contributed by atoms with Gasteiger partial charge in [0.25, 0.3) is 5.91 Å². The van der Waals surface area contributed by atoms with Gasteiger partial charge in [0.15, 0.2) is 10.4 Å². The van der Waals surface area contributed by atoms with Crippen LogP contribution in [0.25, 0.3) is 0 Å². The van der Waals surface area contributed by atoms with Gasteiger partial charge in [0.2, 0.25) is 11.6 Å². The minimum Gasteiger partial charge on any atom is -0.479 e. The van der Waals surface area contributed by atoms with Crippen LogP contribution in [0.15, 0.2) is 21.2 Å². The number of carbonyl (C=O) groups is 3. The quantitative estimate of drug-likeness (QED) is 0.850. The van der Waals surface area contributed by atoms with Crippen LogP contribution in [0.3, 0.4) is 0 Å². The van der Waals surface area contributed by atoms with E-state index in [1.807, 2.05) is 0 Å². The van der Waals surface area contributed by atoms with Crippen LogP contribution >= 0.6 is 15.9 Å². The number of aliphatic carboxylic acids is 1. The summed E-state index contributed by atoms with van der Waals surface area (Å²) >= 11 is 3.07. The lowest BCUT2D eigenvalue weighted by molar-refractivity contribution is -0.150. The van der Waals surface area contributed by atoms with Gasteiger partial charge in [-0.25, -0.2) is 9.18 Å². The number of alkyl halides is 1. The molecule has 22 heavy (non-hydrogen) atoms. The van der Waals surface area contributed by atoms with Crippen molar-refractivity contribution in [2.45, 2.75) is 12.1 Å². The molecule has 120 valence electrons. The fourth-order valence-electron chi connectivity index (χ4n) is 2.15. The number of amides is 2. The Kier molecular flexibility index (Phi) is 4.55. The van der Waals surface area contributed by atoms with E-state index in [0.29, 0.717) is 4.67 Å². The highest BCUT2D eigenvalue weighted by molar-refractivity contribution is 9.10. The molecule has 1 aromatic heterocycles. The number of carbonyl (C=O) groups excluding carboxylic acids is 2. The van der Waals surface area contributed by atoms with Gasteiger partial charge < -0.3 is 19.3 Å². The van der Waals surface area contributed by atoms with E-state index in [2.05, 4.69) is 15.9 Å². The van der Waals surface area contributed by atoms with Crippen LogP contribution < -0.4 is 0 Å². The number of rotatable bonds is 4. The summed E-state index contributed by atoms with van der Waals surface area (Å²) in [5.74, 6) is -2.52. The van der Waals surface area contributed by atoms with Crippen LogP contribution in [0.5, 0.6) is 0 Å². The summed E-state index contributed by atoms with van der Waals surface area (Å²) < 4.78 is 19.4. The molecule has 1 aliphatic heterocycles. The van der Waals surface area contributed by atoms with Crippen molar-refractivity contribution in [1.82, 2.24) is 9.80 Å². The number of nitrogens with zero attached hydrogens (tertiary/aromatic N) is 2. The van der Waals surface area contributed by atoms with Gasteiger partial charge in [0.1, 0.15) is 0 Å². The topological polar surface area (TPSA) is 91.1 Å². The van der Waals surface area contributed by atoms with Gasteiger partial charge in [-0.05, 0) is 28.1 Å². The molecule has 1 saturated heterocycles. The van der Waals surface area contributed by atoms with Gasteiger partial charge >= 0.3 is 5.97 Å². The highest BCUT2D eigenvalue weighted by atomic mass is 79.9. The predicted octanol–water partition coefficient (Wildman–Crippen LogP) is 1.14. The molecule has 7 nitrogen and oxygen atoms in total. The first kappa shape index (κ1) is 16.5. The molecule has 1 aliphatic rings. The van der Waals surface area contributed by atoms with Crippen molar-refractivity contribution in [3.63, 3.8) is 0 Å². The highest BCUT2D eigenvalue weighted by Crippen LogP contribution is 2.26. The van der Waals surface area contributed by atoms with E-state index < -0.39 is 30.0 Å². The first-order valence-corrected chi connectivity index (χ1v) is 7.23. The average molecular weight is 377 g/mol. The first-order valence-electron chi connectivity index (χ1n) is 6.44. The second-order valence-electron chi connectivity index (χ2n) is 5.10. The molecule has 0 bridgehead atoms. The van der Waals surface area contributed by atoms with Gasteiger partial charge in [0, 0.05) is 20.0 Å². The minimum absolute atomic E-state index is 0.00988. The molecule has 0 spiro atoms. The normalized spacial score (nSPS) is 21.0. The molecule has 9 heteroatoms. The first-order chi connectivity index (χ1) is 10.2. The molecular formula is C13H14BrFN2O5. The molecule has 2 heterocycles. The number of furan rings is 1. The summed E-state index contributed by atoms with van der Waals surface area (Å²) in [7, 11) is 1.41. The molecule has 0 aromatic carbocycles. The third-order valence-electron chi connectivity index (χ3n) is 3.46. The molecule has 1 fully saturated rings. The maximum Gasteiger partial charge on any atom is 0.343 e. The van der Waals surface area contributed by atoms with Gasteiger partial charge in [-0.1, -0.05) is 0 Å². The lowest BCUT2D eigenvalue weighted by Crippen LogP contribution is -2.43. The summed E-state index contributed by atoms with van der Waals surface area (Å²) in [5, 5.41) is 8.80.